The summed E-state index contributed by atoms with van der Waals surface area (Å²) in [4.78, 5) is 26.9. The van der Waals surface area contributed by atoms with Gasteiger partial charge in [-0.15, -0.1) is 0 Å². The van der Waals surface area contributed by atoms with Crippen LogP contribution in [-0.2, 0) is 22.5 Å². The van der Waals surface area contributed by atoms with Gasteiger partial charge in [0.1, 0.15) is 13.2 Å². The second-order valence-electron chi connectivity index (χ2n) is 8.10. The molecule has 4 rings (SSSR count). The summed E-state index contributed by atoms with van der Waals surface area (Å²) in [5, 5.41) is 2.93. The maximum atomic E-state index is 12.8. The Kier molecular flexibility index (Phi) is 6.42. The van der Waals surface area contributed by atoms with E-state index < -0.39 is 0 Å². The normalized spacial score (nSPS) is 20.3. The van der Waals surface area contributed by atoms with Crippen molar-refractivity contribution < 1.29 is 23.8 Å². The van der Waals surface area contributed by atoms with Crippen LogP contribution in [0.4, 0.5) is 0 Å². The molecule has 0 saturated carbocycles. The number of benzene rings is 2. The van der Waals surface area contributed by atoms with Crippen molar-refractivity contribution in [2.75, 3.05) is 26.3 Å². The van der Waals surface area contributed by atoms with Gasteiger partial charge in [0.05, 0.1) is 18.6 Å². The van der Waals surface area contributed by atoms with Crippen LogP contribution in [0.3, 0.4) is 0 Å². The van der Waals surface area contributed by atoms with Crippen molar-refractivity contribution in [3.63, 3.8) is 0 Å². The Bertz CT molecular complexity index is 933. The van der Waals surface area contributed by atoms with Gasteiger partial charge in [-0.25, -0.2) is 0 Å². The van der Waals surface area contributed by atoms with Crippen molar-refractivity contribution in [3.8, 4) is 11.5 Å². The van der Waals surface area contributed by atoms with Crippen LogP contribution >= 0.6 is 0 Å². The molecule has 0 spiro atoms. The van der Waals surface area contributed by atoms with Crippen molar-refractivity contribution in [1.29, 1.82) is 0 Å². The predicted octanol–water partition coefficient (Wildman–Crippen LogP) is 2.57. The molecule has 2 aromatic carbocycles. The number of fused-ring (bicyclic) bond motifs is 1. The van der Waals surface area contributed by atoms with E-state index in [9.17, 15) is 9.59 Å². The van der Waals surface area contributed by atoms with E-state index >= 15 is 0 Å². The van der Waals surface area contributed by atoms with E-state index in [0.717, 1.165) is 11.1 Å². The van der Waals surface area contributed by atoms with E-state index in [2.05, 4.69) is 5.32 Å². The number of hydrogen-bond donors (Lipinski definition) is 1. The highest BCUT2D eigenvalue weighted by Gasteiger charge is 2.26. The van der Waals surface area contributed by atoms with Crippen molar-refractivity contribution >= 4 is 11.8 Å². The molecule has 0 radical (unpaired) electrons. The fourth-order valence-electron chi connectivity index (χ4n) is 3.94. The average molecular weight is 424 g/mol. The fourth-order valence-corrected chi connectivity index (χ4v) is 3.94. The number of carbonyl (C=O) groups is 2. The number of nitrogens with zero attached hydrogens (tertiary/aromatic N) is 1. The monoisotopic (exact) mass is 424 g/mol. The highest BCUT2D eigenvalue weighted by Crippen LogP contribution is 2.30. The molecule has 7 nitrogen and oxygen atoms in total. The standard InChI is InChI=1S/C24H28N2O5/c1-16-14-26(15-17(2)31-16)24(28)20-6-3-18(4-7-20)13-25-23(27)12-19-5-8-21-22(11-19)30-10-9-29-21/h3-8,11,16-17H,9-10,12-15H2,1-2H3,(H,25,27). The molecule has 0 aromatic heterocycles. The minimum atomic E-state index is -0.0758. The molecular weight excluding hydrogens is 396 g/mol. The summed E-state index contributed by atoms with van der Waals surface area (Å²) in [6.45, 7) is 6.62. The SMILES string of the molecule is CC1CN(C(=O)c2ccc(CNC(=O)Cc3ccc4c(c3)OCCO4)cc2)CC(C)O1. The summed E-state index contributed by atoms with van der Waals surface area (Å²) in [7, 11) is 0. The third-order valence-corrected chi connectivity index (χ3v) is 5.37. The van der Waals surface area contributed by atoms with E-state index in [1.165, 1.54) is 0 Å². The second kappa shape index (κ2) is 9.39. The number of carbonyl (C=O) groups excluding carboxylic acids is 2. The fraction of sp³-hybridized carbons (Fsp3) is 0.417. The van der Waals surface area contributed by atoms with Crippen LogP contribution in [0.5, 0.6) is 11.5 Å². The lowest BCUT2D eigenvalue weighted by Crippen LogP contribution is -2.48. The van der Waals surface area contributed by atoms with Gasteiger partial charge in [0.25, 0.3) is 5.91 Å². The second-order valence-corrected chi connectivity index (χ2v) is 8.10. The largest absolute Gasteiger partial charge is 0.486 e. The van der Waals surface area contributed by atoms with Gasteiger partial charge in [-0.05, 0) is 49.2 Å². The summed E-state index contributed by atoms with van der Waals surface area (Å²) in [5.41, 5.74) is 2.46. The van der Waals surface area contributed by atoms with E-state index in [0.29, 0.717) is 49.9 Å². The average Bonchev–Trinajstić information content (AvgIpc) is 2.77. The van der Waals surface area contributed by atoms with Gasteiger partial charge in [-0.3, -0.25) is 9.59 Å². The quantitative estimate of drug-likeness (QED) is 0.798. The summed E-state index contributed by atoms with van der Waals surface area (Å²) >= 11 is 0. The molecule has 31 heavy (non-hydrogen) atoms. The minimum absolute atomic E-state index is 0.0104. The van der Waals surface area contributed by atoms with Crippen LogP contribution in [0.15, 0.2) is 42.5 Å². The summed E-state index contributed by atoms with van der Waals surface area (Å²) < 4.78 is 16.8. The van der Waals surface area contributed by atoms with Crippen LogP contribution in [0.25, 0.3) is 0 Å². The Morgan fingerprint density at radius 2 is 1.58 bits per heavy atom. The van der Waals surface area contributed by atoms with Gasteiger partial charge in [-0.2, -0.15) is 0 Å². The molecule has 2 aliphatic rings. The Morgan fingerprint density at radius 1 is 0.935 bits per heavy atom. The molecule has 2 atom stereocenters. The number of morpholine rings is 1. The minimum Gasteiger partial charge on any atom is -0.486 e. The predicted molar refractivity (Wildman–Crippen MR) is 115 cm³/mol. The number of hydrogen-bond acceptors (Lipinski definition) is 5. The first kappa shape index (κ1) is 21.2. The molecule has 1 saturated heterocycles. The Labute approximate surface area is 182 Å². The Balaban J connectivity index is 1.29. The van der Waals surface area contributed by atoms with Gasteiger partial charge in [0.2, 0.25) is 5.91 Å². The highest BCUT2D eigenvalue weighted by atomic mass is 16.6. The van der Waals surface area contributed by atoms with Crippen molar-refractivity contribution in [2.24, 2.45) is 0 Å². The summed E-state index contributed by atoms with van der Waals surface area (Å²) in [6, 6.07) is 13.0. The molecule has 0 aliphatic carbocycles. The molecular formula is C24H28N2O5. The molecule has 2 heterocycles. The first-order valence-electron chi connectivity index (χ1n) is 10.7. The van der Waals surface area contributed by atoms with Gasteiger partial charge in [0.15, 0.2) is 11.5 Å². The lowest BCUT2D eigenvalue weighted by atomic mass is 10.1. The van der Waals surface area contributed by atoms with E-state index in [4.69, 9.17) is 14.2 Å². The molecule has 164 valence electrons. The topological polar surface area (TPSA) is 77.1 Å². The number of ether oxygens (including phenoxy) is 3. The molecule has 2 unspecified atom stereocenters. The van der Waals surface area contributed by atoms with Gasteiger partial charge < -0.3 is 24.4 Å². The molecule has 0 bridgehead atoms. The van der Waals surface area contributed by atoms with Crippen LogP contribution < -0.4 is 14.8 Å². The molecule has 2 aliphatic heterocycles. The van der Waals surface area contributed by atoms with Crippen LogP contribution in [0.2, 0.25) is 0 Å². The van der Waals surface area contributed by atoms with Crippen molar-refractivity contribution in [1.82, 2.24) is 10.2 Å². The lowest BCUT2D eigenvalue weighted by molar-refractivity contribution is -0.120. The Hall–Kier alpha value is -3.06. The summed E-state index contributed by atoms with van der Waals surface area (Å²) in [6.07, 6.45) is 0.341. The van der Waals surface area contributed by atoms with Gasteiger partial charge in [-0.1, -0.05) is 18.2 Å². The molecule has 7 heteroatoms. The number of nitrogens with one attached hydrogen (secondary N) is 1. The Morgan fingerprint density at radius 3 is 2.29 bits per heavy atom. The van der Waals surface area contributed by atoms with Crippen molar-refractivity contribution in [3.05, 3.63) is 59.2 Å². The van der Waals surface area contributed by atoms with Crippen molar-refractivity contribution in [2.45, 2.75) is 39.0 Å². The van der Waals surface area contributed by atoms with Crippen LogP contribution in [0, 0.1) is 0 Å². The third-order valence-electron chi connectivity index (χ3n) is 5.37. The van der Waals surface area contributed by atoms with E-state index in [-0.39, 0.29) is 30.4 Å². The lowest BCUT2D eigenvalue weighted by Gasteiger charge is -2.35. The summed E-state index contributed by atoms with van der Waals surface area (Å²) in [5.74, 6) is 1.33. The van der Waals surface area contributed by atoms with Gasteiger partial charge >= 0.3 is 0 Å². The molecule has 1 N–H and O–H groups in total. The van der Waals surface area contributed by atoms with Crippen LogP contribution in [-0.4, -0.2) is 55.2 Å². The zero-order chi connectivity index (χ0) is 21.8. The third kappa shape index (κ3) is 5.35. The zero-order valence-electron chi connectivity index (χ0n) is 17.9. The molecule has 2 aromatic rings. The first-order valence-corrected chi connectivity index (χ1v) is 10.7. The van der Waals surface area contributed by atoms with E-state index in [1.54, 1.807) is 0 Å². The number of amides is 2. The first-order chi connectivity index (χ1) is 15.0. The van der Waals surface area contributed by atoms with Gasteiger partial charge in [0, 0.05) is 25.2 Å². The molecule has 1 fully saturated rings. The maximum Gasteiger partial charge on any atom is 0.254 e. The number of rotatable bonds is 5. The smallest absolute Gasteiger partial charge is 0.254 e. The zero-order valence-corrected chi connectivity index (χ0v) is 17.9. The van der Waals surface area contributed by atoms with Crippen LogP contribution in [0.1, 0.15) is 35.3 Å². The van der Waals surface area contributed by atoms with E-state index in [1.807, 2.05) is 61.2 Å². The highest BCUT2D eigenvalue weighted by molar-refractivity contribution is 5.94. The maximum absolute atomic E-state index is 12.8. The molecule has 2 amide bonds.